The van der Waals surface area contributed by atoms with Gasteiger partial charge in [0.25, 0.3) is 11.8 Å². The van der Waals surface area contributed by atoms with Crippen LogP contribution in [0.15, 0.2) is 71.3 Å². The van der Waals surface area contributed by atoms with Crippen LogP contribution < -0.4 is 10.6 Å². The Kier molecular flexibility index (Phi) is 4.43. The largest absolute Gasteiger partial charge is 0.459 e. The smallest absolute Gasteiger partial charge is 0.291 e. The Morgan fingerprint density at radius 1 is 0.889 bits per heavy atom. The molecule has 0 aliphatic carbocycles. The summed E-state index contributed by atoms with van der Waals surface area (Å²) in [5, 5.41) is 5.89. The number of anilines is 2. The monoisotopic (exact) mass is 380 g/mol. The number of carbonyl (C=O) groups is 2. The topological polar surface area (TPSA) is 71.3 Å². The van der Waals surface area contributed by atoms with Gasteiger partial charge in [0.2, 0.25) is 0 Å². The molecule has 2 aromatic carbocycles. The van der Waals surface area contributed by atoms with Crippen LogP contribution in [0.3, 0.4) is 0 Å². The molecule has 7 heteroatoms. The number of fused-ring (bicyclic) bond motifs is 1. The fourth-order valence-corrected chi connectivity index (χ4v) is 3.54. The zero-order valence-electron chi connectivity index (χ0n) is 13.9. The van der Waals surface area contributed by atoms with Gasteiger partial charge in [0.15, 0.2) is 5.76 Å². The predicted octanol–water partition coefficient (Wildman–Crippen LogP) is 5.14. The van der Waals surface area contributed by atoms with Gasteiger partial charge in [-0.05, 0) is 54.6 Å². The minimum Gasteiger partial charge on any atom is -0.459 e. The minimum atomic E-state index is -0.357. The van der Waals surface area contributed by atoms with Gasteiger partial charge < -0.3 is 15.1 Å². The number of amides is 2. The van der Waals surface area contributed by atoms with E-state index in [1.807, 2.05) is 0 Å². The summed E-state index contributed by atoms with van der Waals surface area (Å²) in [6, 6.07) is 16.2. The number of rotatable bonds is 4. The summed E-state index contributed by atoms with van der Waals surface area (Å²) in [6.07, 6.45) is 1.42. The number of nitrogens with one attached hydrogen (secondary N) is 2. The molecule has 0 saturated heterocycles. The molecule has 134 valence electrons. The molecule has 0 aliphatic heterocycles. The Labute approximate surface area is 157 Å². The van der Waals surface area contributed by atoms with E-state index in [0.29, 0.717) is 21.6 Å². The molecule has 5 nitrogen and oxygen atoms in total. The normalized spacial score (nSPS) is 10.7. The van der Waals surface area contributed by atoms with Gasteiger partial charge in [0, 0.05) is 21.5 Å². The van der Waals surface area contributed by atoms with Crippen molar-refractivity contribution in [2.24, 2.45) is 0 Å². The maximum Gasteiger partial charge on any atom is 0.291 e. The number of benzene rings is 2. The van der Waals surface area contributed by atoms with Crippen molar-refractivity contribution in [2.75, 3.05) is 10.6 Å². The molecule has 2 heterocycles. The molecule has 2 amide bonds. The average Bonchev–Trinajstić information content (AvgIpc) is 3.34. The minimum absolute atomic E-state index is 0.212. The van der Waals surface area contributed by atoms with Crippen LogP contribution in [0.2, 0.25) is 0 Å². The third-order valence-corrected chi connectivity index (χ3v) is 4.98. The van der Waals surface area contributed by atoms with Crippen LogP contribution in [0, 0.1) is 5.82 Å². The van der Waals surface area contributed by atoms with Gasteiger partial charge in [-0.2, -0.15) is 0 Å². The molecule has 0 atom stereocenters. The summed E-state index contributed by atoms with van der Waals surface area (Å²) in [6.45, 7) is 0. The lowest BCUT2D eigenvalue weighted by molar-refractivity contribution is 0.0994. The summed E-state index contributed by atoms with van der Waals surface area (Å²) in [7, 11) is 0. The third-order valence-electron chi connectivity index (χ3n) is 3.88. The molecule has 0 unspecified atom stereocenters. The van der Waals surface area contributed by atoms with E-state index >= 15 is 0 Å². The second kappa shape index (κ2) is 7.05. The Morgan fingerprint density at radius 2 is 1.59 bits per heavy atom. The van der Waals surface area contributed by atoms with Crippen molar-refractivity contribution in [1.29, 1.82) is 0 Å². The molecular weight excluding hydrogens is 367 g/mol. The van der Waals surface area contributed by atoms with Crippen LogP contribution in [0.4, 0.5) is 15.8 Å². The predicted molar refractivity (Wildman–Crippen MR) is 103 cm³/mol. The van der Waals surface area contributed by atoms with Crippen LogP contribution in [0.25, 0.3) is 10.1 Å². The van der Waals surface area contributed by atoms with Crippen molar-refractivity contribution in [1.82, 2.24) is 0 Å². The Morgan fingerprint density at radius 3 is 2.22 bits per heavy atom. The highest BCUT2D eigenvalue weighted by atomic mass is 32.1. The summed E-state index contributed by atoms with van der Waals surface area (Å²) in [5.41, 5.74) is 1.13. The van der Waals surface area contributed by atoms with Gasteiger partial charge in [0.1, 0.15) is 5.82 Å². The van der Waals surface area contributed by atoms with Gasteiger partial charge in [0.05, 0.1) is 11.1 Å². The number of thiophene rings is 1. The van der Waals surface area contributed by atoms with E-state index in [1.54, 1.807) is 54.6 Å². The van der Waals surface area contributed by atoms with Crippen molar-refractivity contribution < 1.29 is 18.4 Å². The summed E-state index contributed by atoms with van der Waals surface area (Å²) >= 11 is 1.23. The zero-order valence-corrected chi connectivity index (χ0v) is 14.7. The van der Waals surface area contributed by atoms with Gasteiger partial charge in [-0.1, -0.05) is 6.07 Å². The van der Waals surface area contributed by atoms with E-state index in [9.17, 15) is 14.0 Å². The van der Waals surface area contributed by atoms with E-state index in [0.717, 1.165) is 4.70 Å². The SMILES string of the molecule is O=C(Nc1ccc(NC(=O)c2cc3c(F)cccc3s2)cc1)c1ccco1. The van der Waals surface area contributed by atoms with Crippen molar-refractivity contribution >= 4 is 44.6 Å². The average molecular weight is 380 g/mol. The molecule has 2 N–H and O–H groups in total. The molecule has 4 aromatic rings. The Bertz CT molecular complexity index is 1120. The van der Waals surface area contributed by atoms with Crippen molar-refractivity contribution in [3.63, 3.8) is 0 Å². The van der Waals surface area contributed by atoms with Crippen molar-refractivity contribution in [3.8, 4) is 0 Å². The van der Waals surface area contributed by atoms with Crippen LogP contribution in [-0.4, -0.2) is 11.8 Å². The molecule has 2 aromatic heterocycles. The summed E-state index contributed by atoms with van der Waals surface area (Å²) < 4.78 is 19.5. The highest BCUT2D eigenvalue weighted by Crippen LogP contribution is 2.28. The number of carbonyl (C=O) groups excluding carboxylic acids is 2. The summed E-state index contributed by atoms with van der Waals surface area (Å²) in [5.74, 6) is -0.809. The highest BCUT2D eigenvalue weighted by molar-refractivity contribution is 7.20. The Balaban J connectivity index is 1.45. The number of hydrogen-bond acceptors (Lipinski definition) is 4. The first-order valence-corrected chi connectivity index (χ1v) is 8.86. The molecule has 0 bridgehead atoms. The fraction of sp³-hybridized carbons (Fsp3) is 0. The number of furan rings is 1. The molecule has 0 saturated carbocycles. The zero-order chi connectivity index (χ0) is 18.8. The first-order valence-electron chi connectivity index (χ1n) is 8.04. The number of hydrogen-bond donors (Lipinski definition) is 2. The van der Waals surface area contributed by atoms with Crippen LogP contribution in [0.1, 0.15) is 20.2 Å². The first-order chi connectivity index (χ1) is 13.1. The molecule has 0 aliphatic rings. The maximum absolute atomic E-state index is 13.8. The van der Waals surface area contributed by atoms with Gasteiger partial charge in [-0.15, -0.1) is 11.3 Å². The third kappa shape index (κ3) is 3.58. The van der Waals surface area contributed by atoms with E-state index in [4.69, 9.17) is 4.42 Å². The lowest BCUT2D eigenvalue weighted by Gasteiger charge is -2.06. The number of halogens is 1. The lowest BCUT2D eigenvalue weighted by atomic mass is 10.2. The molecular formula is C20H13FN2O3S. The Hall–Kier alpha value is -3.45. The molecule has 27 heavy (non-hydrogen) atoms. The van der Waals surface area contributed by atoms with E-state index in [-0.39, 0.29) is 23.4 Å². The van der Waals surface area contributed by atoms with E-state index in [2.05, 4.69) is 10.6 Å². The molecule has 0 radical (unpaired) electrons. The standard InChI is InChI=1S/C20H13FN2O3S/c21-15-3-1-5-17-14(15)11-18(27-17)20(25)23-13-8-6-12(7-9-13)22-19(24)16-4-2-10-26-16/h1-11H,(H,22,24)(H,23,25). The van der Waals surface area contributed by atoms with Crippen LogP contribution in [-0.2, 0) is 0 Å². The quantitative estimate of drug-likeness (QED) is 0.515. The molecule has 4 rings (SSSR count). The summed E-state index contributed by atoms with van der Waals surface area (Å²) in [4.78, 5) is 24.8. The fourth-order valence-electron chi connectivity index (χ4n) is 2.57. The van der Waals surface area contributed by atoms with Crippen molar-refractivity contribution in [2.45, 2.75) is 0 Å². The van der Waals surface area contributed by atoms with E-state index < -0.39 is 0 Å². The molecule has 0 fully saturated rings. The second-order valence-corrected chi connectivity index (χ2v) is 6.81. The maximum atomic E-state index is 13.8. The lowest BCUT2D eigenvalue weighted by Crippen LogP contribution is -2.12. The van der Waals surface area contributed by atoms with Gasteiger partial charge >= 0.3 is 0 Å². The first kappa shape index (κ1) is 17.0. The van der Waals surface area contributed by atoms with Gasteiger partial charge in [-0.3, -0.25) is 9.59 Å². The second-order valence-electron chi connectivity index (χ2n) is 5.73. The van der Waals surface area contributed by atoms with Gasteiger partial charge in [-0.25, -0.2) is 4.39 Å². The highest BCUT2D eigenvalue weighted by Gasteiger charge is 2.13. The van der Waals surface area contributed by atoms with Crippen molar-refractivity contribution in [3.05, 3.63) is 83.4 Å². The van der Waals surface area contributed by atoms with Crippen LogP contribution >= 0.6 is 11.3 Å². The molecule has 0 spiro atoms. The van der Waals surface area contributed by atoms with E-state index in [1.165, 1.54) is 23.7 Å². The van der Waals surface area contributed by atoms with Crippen LogP contribution in [0.5, 0.6) is 0 Å².